The molecule has 2 saturated carbocycles. The molecule has 0 atom stereocenters. The van der Waals surface area contributed by atoms with Crippen molar-refractivity contribution in [3.05, 3.63) is 0 Å². The van der Waals surface area contributed by atoms with Gasteiger partial charge in [0.1, 0.15) is 0 Å². The van der Waals surface area contributed by atoms with Gasteiger partial charge in [0.2, 0.25) is 0 Å². The zero-order valence-electron chi connectivity index (χ0n) is 4.48. The molecule has 0 amide bonds. The Labute approximate surface area is 44.1 Å². The van der Waals surface area contributed by atoms with E-state index in [1.165, 1.54) is 25.7 Å². The summed E-state index contributed by atoms with van der Waals surface area (Å²) in [6.45, 7) is 0. The zero-order valence-corrected chi connectivity index (χ0v) is 4.48. The van der Waals surface area contributed by atoms with E-state index in [1.807, 2.05) is 0 Å². The topological polar surface area (TPSA) is 12.0 Å². The maximum absolute atomic E-state index is 3.53. The van der Waals surface area contributed by atoms with Crippen molar-refractivity contribution in [2.45, 2.75) is 37.8 Å². The Morgan fingerprint density at radius 3 is 1.57 bits per heavy atom. The molecule has 0 aromatic rings. The molecule has 2 aliphatic carbocycles. The molecule has 0 unspecified atom stereocenters. The third-order valence-electron chi connectivity index (χ3n) is 1.63. The molecule has 1 nitrogen and oxygen atoms in total. The van der Waals surface area contributed by atoms with Crippen LogP contribution in [0.15, 0.2) is 0 Å². The first-order chi connectivity index (χ1) is 3.45. The van der Waals surface area contributed by atoms with Crippen LogP contribution in [-0.4, -0.2) is 12.1 Å². The van der Waals surface area contributed by atoms with E-state index in [0.29, 0.717) is 0 Å². The minimum Gasteiger partial charge on any atom is -0.311 e. The first-order valence-corrected chi connectivity index (χ1v) is 3.21. The fourth-order valence-electron chi connectivity index (χ4n) is 0.833. The van der Waals surface area contributed by atoms with Crippen molar-refractivity contribution in [2.75, 3.05) is 0 Å². The van der Waals surface area contributed by atoms with Crippen LogP contribution in [0.2, 0.25) is 0 Å². The highest BCUT2D eigenvalue weighted by atomic mass is 15.0. The maximum Gasteiger partial charge on any atom is 0.00708 e. The largest absolute Gasteiger partial charge is 0.311 e. The monoisotopic (exact) mass is 97.1 g/mol. The van der Waals surface area contributed by atoms with Gasteiger partial charge >= 0.3 is 0 Å². The summed E-state index contributed by atoms with van der Waals surface area (Å²) in [6.07, 6.45) is 5.76. The van der Waals surface area contributed by atoms with Gasteiger partial charge in [0.25, 0.3) is 0 Å². The highest BCUT2D eigenvalue weighted by molar-refractivity contribution is 4.90. The van der Waals surface area contributed by atoms with Crippen molar-refractivity contribution < 1.29 is 0 Å². The summed E-state index contributed by atoms with van der Waals surface area (Å²) in [4.78, 5) is 0. The SMILES string of the molecule is C1CC1NC1CC1. The number of hydrogen-bond donors (Lipinski definition) is 1. The second-order valence-electron chi connectivity index (χ2n) is 2.72. The minimum absolute atomic E-state index is 0.937. The van der Waals surface area contributed by atoms with Crippen molar-refractivity contribution in [3.8, 4) is 0 Å². The summed E-state index contributed by atoms with van der Waals surface area (Å²) in [5.41, 5.74) is 0. The first-order valence-electron chi connectivity index (χ1n) is 3.21. The molecule has 0 radical (unpaired) electrons. The van der Waals surface area contributed by atoms with Gasteiger partial charge in [-0.25, -0.2) is 0 Å². The molecular weight excluding hydrogens is 86.1 g/mol. The third kappa shape index (κ3) is 0.942. The summed E-state index contributed by atoms with van der Waals surface area (Å²) in [5, 5.41) is 3.53. The van der Waals surface area contributed by atoms with E-state index in [2.05, 4.69) is 5.32 Å². The lowest BCUT2D eigenvalue weighted by Crippen LogP contribution is -2.17. The maximum atomic E-state index is 3.53. The lowest BCUT2D eigenvalue weighted by Gasteiger charge is -1.92. The Hall–Kier alpha value is -0.0400. The van der Waals surface area contributed by atoms with Crippen molar-refractivity contribution in [2.24, 2.45) is 0 Å². The molecule has 0 aliphatic heterocycles. The Balaban J connectivity index is 1.69. The summed E-state index contributed by atoms with van der Waals surface area (Å²) >= 11 is 0. The van der Waals surface area contributed by atoms with Crippen molar-refractivity contribution >= 4 is 0 Å². The second-order valence-corrected chi connectivity index (χ2v) is 2.72. The van der Waals surface area contributed by atoms with E-state index in [0.717, 1.165) is 12.1 Å². The van der Waals surface area contributed by atoms with Crippen molar-refractivity contribution in [3.63, 3.8) is 0 Å². The van der Waals surface area contributed by atoms with E-state index in [4.69, 9.17) is 0 Å². The van der Waals surface area contributed by atoms with Gasteiger partial charge in [-0.05, 0) is 25.7 Å². The number of hydrogen-bond acceptors (Lipinski definition) is 1. The van der Waals surface area contributed by atoms with Gasteiger partial charge in [0.15, 0.2) is 0 Å². The van der Waals surface area contributed by atoms with Crippen LogP contribution in [0, 0.1) is 0 Å². The summed E-state index contributed by atoms with van der Waals surface area (Å²) in [5.74, 6) is 0. The fourth-order valence-corrected chi connectivity index (χ4v) is 0.833. The lowest BCUT2D eigenvalue weighted by atomic mass is 10.6. The van der Waals surface area contributed by atoms with E-state index in [1.54, 1.807) is 0 Å². The molecule has 2 rings (SSSR count). The van der Waals surface area contributed by atoms with Crippen LogP contribution in [0.25, 0.3) is 0 Å². The predicted octanol–water partition coefficient (Wildman–Crippen LogP) is 0.901. The summed E-state index contributed by atoms with van der Waals surface area (Å²) < 4.78 is 0. The summed E-state index contributed by atoms with van der Waals surface area (Å²) in [7, 11) is 0. The lowest BCUT2D eigenvalue weighted by molar-refractivity contribution is 0.682. The van der Waals surface area contributed by atoms with Crippen molar-refractivity contribution in [1.82, 2.24) is 5.32 Å². The molecule has 1 heteroatoms. The van der Waals surface area contributed by atoms with Crippen LogP contribution in [0.1, 0.15) is 25.7 Å². The quantitative estimate of drug-likeness (QED) is 0.540. The van der Waals surface area contributed by atoms with Crippen LogP contribution < -0.4 is 5.32 Å². The normalized spacial score (nSPS) is 30.9. The van der Waals surface area contributed by atoms with Gasteiger partial charge in [-0.2, -0.15) is 0 Å². The van der Waals surface area contributed by atoms with E-state index < -0.39 is 0 Å². The van der Waals surface area contributed by atoms with E-state index in [9.17, 15) is 0 Å². The smallest absolute Gasteiger partial charge is 0.00708 e. The van der Waals surface area contributed by atoms with Gasteiger partial charge < -0.3 is 5.32 Å². The standard InChI is InChI=1S/C6H11N/c1-2-5(1)7-6-3-4-6/h5-7H,1-4H2. The van der Waals surface area contributed by atoms with Crippen LogP contribution in [-0.2, 0) is 0 Å². The average molecular weight is 97.2 g/mol. The predicted molar refractivity (Wildman–Crippen MR) is 29.2 cm³/mol. The van der Waals surface area contributed by atoms with Crippen LogP contribution in [0.3, 0.4) is 0 Å². The van der Waals surface area contributed by atoms with E-state index in [-0.39, 0.29) is 0 Å². The van der Waals surface area contributed by atoms with Crippen LogP contribution in [0.4, 0.5) is 0 Å². The Bertz CT molecular complexity index is 62.2. The molecule has 2 fully saturated rings. The van der Waals surface area contributed by atoms with Crippen molar-refractivity contribution in [1.29, 1.82) is 0 Å². The second kappa shape index (κ2) is 1.22. The fraction of sp³-hybridized carbons (Fsp3) is 1.00. The molecule has 7 heavy (non-hydrogen) atoms. The molecule has 0 bridgehead atoms. The van der Waals surface area contributed by atoms with Gasteiger partial charge in [0, 0.05) is 12.1 Å². The first kappa shape index (κ1) is 3.90. The number of nitrogens with one attached hydrogen (secondary N) is 1. The van der Waals surface area contributed by atoms with Gasteiger partial charge in [0.05, 0.1) is 0 Å². The Morgan fingerprint density at radius 1 is 0.857 bits per heavy atom. The van der Waals surface area contributed by atoms with Gasteiger partial charge in [-0.15, -0.1) is 0 Å². The molecule has 2 aliphatic rings. The highest BCUT2D eigenvalue weighted by Crippen LogP contribution is 2.26. The average Bonchev–Trinajstić information content (AvgIpc) is 2.33. The summed E-state index contributed by atoms with van der Waals surface area (Å²) in [6, 6.07) is 1.87. The molecule has 1 N–H and O–H groups in total. The molecular formula is C6H11N. The van der Waals surface area contributed by atoms with Gasteiger partial charge in [-0.3, -0.25) is 0 Å². The Kier molecular flexibility index (Phi) is 0.680. The molecule has 40 valence electrons. The third-order valence-corrected chi connectivity index (χ3v) is 1.63. The molecule has 0 spiro atoms. The number of rotatable bonds is 2. The minimum atomic E-state index is 0.937. The van der Waals surface area contributed by atoms with Crippen LogP contribution in [0.5, 0.6) is 0 Å². The van der Waals surface area contributed by atoms with Gasteiger partial charge in [-0.1, -0.05) is 0 Å². The molecule has 0 aromatic carbocycles. The molecule has 0 aromatic heterocycles. The molecule has 0 heterocycles. The molecule has 0 saturated heterocycles. The zero-order chi connectivity index (χ0) is 4.69. The Morgan fingerprint density at radius 2 is 1.29 bits per heavy atom. The highest BCUT2D eigenvalue weighted by Gasteiger charge is 2.29. The van der Waals surface area contributed by atoms with Crippen LogP contribution >= 0.6 is 0 Å². The van der Waals surface area contributed by atoms with E-state index >= 15 is 0 Å².